The third-order valence-electron chi connectivity index (χ3n) is 3.90. The van der Waals surface area contributed by atoms with E-state index in [0.29, 0.717) is 6.04 Å². The van der Waals surface area contributed by atoms with Crippen LogP contribution in [-0.2, 0) is 6.42 Å². The van der Waals surface area contributed by atoms with Crippen molar-refractivity contribution in [1.82, 2.24) is 14.3 Å². The molecule has 1 aliphatic rings. The Labute approximate surface area is 107 Å². The van der Waals surface area contributed by atoms with Crippen molar-refractivity contribution in [2.75, 3.05) is 19.3 Å². The van der Waals surface area contributed by atoms with E-state index in [9.17, 15) is 0 Å². The molecule has 3 rings (SSSR count). The molecule has 0 amide bonds. The van der Waals surface area contributed by atoms with E-state index in [1.54, 1.807) is 0 Å². The number of imidazole rings is 1. The molecular formula is C14H20N4. The molecule has 0 bridgehead atoms. The topological polar surface area (TPSA) is 46.6 Å². The molecule has 0 radical (unpaired) electrons. The lowest BCUT2D eigenvalue weighted by Gasteiger charge is -2.31. The number of hydrogen-bond acceptors (Lipinski definition) is 3. The second-order valence-corrected chi connectivity index (χ2v) is 5.29. The van der Waals surface area contributed by atoms with Gasteiger partial charge in [0.25, 0.3) is 0 Å². The van der Waals surface area contributed by atoms with Gasteiger partial charge in [-0.2, -0.15) is 0 Å². The van der Waals surface area contributed by atoms with E-state index in [2.05, 4.69) is 27.5 Å². The summed E-state index contributed by atoms with van der Waals surface area (Å²) < 4.78 is 2.05. The zero-order valence-corrected chi connectivity index (χ0v) is 10.8. The van der Waals surface area contributed by atoms with Crippen molar-refractivity contribution in [3.05, 3.63) is 30.2 Å². The third kappa shape index (κ3) is 2.20. The molecule has 2 aromatic rings. The van der Waals surface area contributed by atoms with Gasteiger partial charge in [0.2, 0.25) is 0 Å². The first-order valence-corrected chi connectivity index (χ1v) is 6.66. The first-order valence-electron chi connectivity index (χ1n) is 6.66. The number of fused-ring (bicyclic) bond motifs is 1. The van der Waals surface area contributed by atoms with Crippen molar-refractivity contribution >= 4 is 11.3 Å². The van der Waals surface area contributed by atoms with E-state index >= 15 is 0 Å². The number of likely N-dealkylation sites (N-methyl/N-ethyl adjacent to an activating group) is 1. The molecule has 0 spiro atoms. The summed E-state index contributed by atoms with van der Waals surface area (Å²) in [6.45, 7) is 1.21. The van der Waals surface area contributed by atoms with Crippen LogP contribution in [-0.4, -0.2) is 33.9 Å². The molecule has 1 aliphatic heterocycles. The Morgan fingerprint density at radius 2 is 2.33 bits per heavy atom. The summed E-state index contributed by atoms with van der Waals surface area (Å²) >= 11 is 0. The summed E-state index contributed by atoms with van der Waals surface area (Å²) in [7, 11) is 2.22. The van der Waals surface area contributed by atoms with E-state index < -0.39 is 0 Å². The van der Waals surface area contributed by atoms with Gasteiger partial charge < -0.3 is 15.0 Å². The molecule has 2 N–H and O–H groups in total. The molecular weight excluding hydrogens is 224 g/mol. The Balaban J connectivity index is 1.81. The van der Waals surface area contributed by atoms with Crippen LogP contribution in [0.1, 0.15) is 25.0 Å². The number of nitrogens with zero attached hydrogens (tertiary/aromatic N) is 3. The average molecular weight is 244 g/mol. The maximum absolute atomic E-state index is 5.78. The first kappa shape index (κ1) is 11.5. The Hall–Kier alpha value is -1.55. The molecule has 0 aromatic carbocycles. The predicted molar refractivity (Wildman–Crippen MR) is 73.6 cm³/mol. The number of nitrogens with two attached hydrogens (primary N) is 1. The molecule has 4 heteroatoms. The molecule has 4 nitrogen and oxygen atoms in total. The average Bonchev–Trinajstić information content (AvgIpc) is 2.73. The number of nitrogen functional groups attached to an aromatic ring is 1. The maximum Gasteiger partial charge on any atom is 0.139 e. The quantitative estimate of drug-likeness (QED) is 0.878. The lowest BCUT2D eigenvalue weighted by molar-refractivity contribution is 0.184. The fourth-order valence-electron chi connectivity index (χ4n) is 2.79. The van der Waals surface area contributed by atoms with Crippen molar-refractivity contribution in [3.63, 3.8) is 0 Å². The SMILES string of the molecule is CN1CCCCC1Cc1cn2ccc(N)cc2n1. The number of hydrogen-bond donors (Lipinski definition) is 1. The number of aromatic nitrogens is 2. The van der Waals surface area contributed by atoms with Crippen LogP contribution in [0.5, 0.6) is 0 Å². The first-order chi connectivity index (χ1) is 8.72. The fraction of sp³-hybridized carbons (Fsp3) is 0.500. The monoisotopic (exact) mass is 244 g/mol. The summed E-state index contributed by atoms with van der Waals surface area (Å²) in [6.07, 6.45) is 9.09. The zero-order chi connectivity index (χ0) is 12.5. The van der Waals surface area contributed by atoms with E-state index in [1.807, 2.05) is 18.3 Å². The molecule has 96 valence electrons. The molecule has 2 aromatic heterocycles. The molecule has 1 saturated heterocycles. The van der Waals surface area contributed by atoms with Crippen LogP contribution in [0.25, 0.3) is 5.65 Å². The number of anilines is 1. The Morgan fingerprint density at radius 3 is 3.17 bits per heavy atom. The van der Waals surface area contributed by atoms with Gasteiger partial charge in [0, 0.05) is 36.6 Å². The minimum Gasteiger partial charge on any atom is -0.399 e. The molecule has 18 heavy (non-hydrogen) atoms. The number of rotatable bonds is 2. The predicted octanol–water partition coefficient (Wildman–Crippen LogP) is 1.94. The van der Waals surface area contributed by atoms with Gasteiger partial charge in [-0.05, 0) is 32.5 Å². The van der Waals surface area contributed by atoms with Crippen LogP contribution in [0.15, 0.2) is 24.5 Å². The molecule has 1 unspecified atom stereocenters. The number of likely N-dealkylation sites (tertiary alicyclic amines) is 1. The highest BCUT2D eigenvalue weighted by molar-refractivity contribution is 5.52. The summed E-state index contributed by atoms with van der Waals surface area (Å²) in [5, 5.41) is 0. The molecule has 0 aliphatic carbocycles. The van der Waals surface area contributed by atoms with E-state index in [4.69, 9.17) is 5.73 Å². The standard InChI is InChI=1S/C14H20N4/c1-17-6-3-2-4-13(17)9-12-10-18-7-5-11(15)8-14(18)16-12/h5,7-8,10,13H,2-4,6,9,15H2,1H3. The molecule has 0 saturated carbocycles. The Kier molecular flexibility index (Phi) is 2.96. The van der Waals surface area contributed by atoms with Gasteiger partial charge in [0.15, 0.2) is 0 Å². The minimum atomic E-state index is 0.640. The second-order valence-electron chi connectivity index (χ2n) is 5.29. The Bertz CT molecular complexity index is 546. The summed E-state index contributed by atoms with van der Waals surface area (Å²) in [6, 6.07) is 4.47. The van der Waals surface area contributed by atoms with Gasteiger partial charge in [0.05, 0.1) is 5.69 Å². The smallest absolute Gasteiger partial charge is 0.139 e. The van der Waals surface area contributed by atoms with Gasteiger partial charge >= 0.3 is 0 Å². The lowest BCUT2D eigenvalue weighted by atomic mass is 9.99. The van der Waals surface area contributed by atoms with Crippen molar-refractivity contribution in [2.24, 2.45) is 0 Å². The van der Waals surface area contributed by atoms with Gasteiger partial charge in [-0.15, -0.1) is 0 Å². The van der Waals surface area contributed by atoms with Crippen LogP contribution < -0.4 is 5.73 Å². The van der Waals surface area contributed by atoms with Crippen LogP contribution in [0, 0.1) is 0 Å². The Morgan fingerprint density at radius 1 is 1.44 bits per heavy atom. The van der Waals surface area contributed by atoms with Crippen molar-refractivity contribution in [1.29, 1.82) is 0 Å². The summed E-state index contributed by atoms with van der Waals surface area (Å²) in [4.78, 5) is 7.12. The highest BCUT2D eigenvalue weighted by Gasteiger charge is 2.20. The zero-order valence-electron chi connectivity index (χ0n) is 10.8. The molecule has 1 atom stereocenters. The lowest BCUT2D eigenvalue weighted by Crippen LogP contribution is -2.37. The van der Waals surface area contributed by atoms with Crippen molar-refractivity contribution < 1.29 is 0 Å². The van der Waals surface area contributed by atoms with Gasteiger partial charge in [-0.1, -0.05) is 6.42 Å². The van der Waals surface area contributed by atoms with Gasteiger partial charge in [-0.25, -0.2) is 4.98 Å². The number of piperidine rings is 1. The second kappa shape index (κ2) is 4.61. The van der Waals surface area contributed by atoms with E-state index in [1.165, 1.54) is 31.5 Å². The summed E-state index contributed by atoms with van der Waals surface area (Å²) in [5.74, 6) is 0. The van der Waals surface area contributed by atoms with Crippen LogP contribution in [0.2, 0.25) is 0 Å². The van der Waals surface area contributed by atoms with Crippen LogP contribution in [0.4, 0.5) is 5.69 Å². The normalized spacial score (nSPS) is 21.5. The molecule has 1 fully saturated rings. The van der Waals surface area contributed by atoms with Crippen LogP contribution in [0.3, 0.4) is 0 Å². The van der Waals surface area contributed by atoms with Gasteiger partial charge in [-0.3, -0.25) is 0 Å². The van der Waals surface area contributed by atoms with Crippen molar-refractivity contribution in [3.8, 4) is 0 Å². The van der Waals surface area contributed by atoms with Gasteiger partial charge in [0.1, 0.15) is 5.65 Å². The van der Waals surface area contributed by atoms with E-state index in [-0.39, 0.29) is 0 Å². The van der Waals surface area contributed by atoms with E-state index in [0.717, 1.165) is 17.8 Å². The summed E-state index contributed by atoms with van der Waals surface area (Å²) in [5.41, 5.74) is 8.66. The highest BCUT2D eigenvalue weighted by atomic mass is 15.1. The third-order valence-corrected chi connectivity index (χ3v) is 3.90. The molecule has 3 heterocycles. The van der Waals surface area contributed by atoms with Crippen molar-refractivity contribution in [2.45, 2.75) is 31.7 Å². The maximum atomic E-state index is 5.78. The largest absolute Gasteiger partial charge is 0.399 e. The minimum absolute atomic E-state index is 0.640. The fourth-order valence-corrected chi connectivity index (χ4v) is 2.79. The van der Waals surface area contributed by atoms with Crippen LogP contribution >= 0.6 is 0 Å². The highest BCUT2D eigenvalue weighted by Crippen LogP contribution is 2.19. The number of pyridine rings is 1.